The van der Waals surface area contributed by atoms with Crippen LogP contribution in [-0.2, 0) is 4.74 Å². The van der Waals surface area contributed by atoms with Crippen molar-refractivity contribution in [2.75, 3.05) is 34.2 Å². The topological polar surface area (TPSA) is 41.7 Å². The number of hydrogen-bond donors (Lipinski definition) is 1. The van der Waals surface area contributed by atoms with E-state index < -0.39 is 0 Å². The number of ether oxygens (including phenoxy) is 1. The Bertz CT molecular complexity index is 141. The van der Waals surface area contributed by atoms with Crippen molar-refractivity contribution in [1.82, 2.24) is 9.80 Å². The van der Waals surface area contributed by atoms with Gasteiger partial charge in [-0.05, 0) is 48.0 Å². The molecule has 0 bridgehead atoms. The van der Waals surface area contributed by atoms with Crippen molar-refractivity contribution >= 4 is 0 Å². The average Bonchev–Trinajstić information content (AvgIpc) is 2.13. The molecule has 0 aliphatic rings. The third-order valence-corrected chi connectivity index (χ3v) is 2.46. The van der Waals surface area contributed by atoms with Gasteiger partial charge in [-0.25, -0.2) is 0 Å². The summed E-state index contributed by atoms with van der Waals surface area (Å²) in [6.45, 7) is 5.84. The lowest BCUT2D eigenvalue weighted by Crippen LogP contribution is -2.39. The van der Waals surface area contributed by atoms with Gasteiger partial charge in [0.25, 0.3) is 0 Å². The maximum Gasteiger partial charge on any atom is 0.109 e. The number of nitrogens with zero attached hydrogens (tertiary/aromatic N) is 2. The quantitative estimate of drug-likeness (QED) is 0.613. The molecule has 0 aliphatic carbocycles. The molecule has 0 fully saturated rings. The molecule has 0 saturated carbocycles. The predicted molar refractivity (Wildman–Crippen MR) is 60.0 cm³/mol. The number of hydrogen-bond acceptors (Lipinski definition) is 4. The van der Waals surface area contributed by atoms with Gasteiger partial charge >= 0.3 is 0 Å². The molecule has 14 heavy (non-hydrogen) atoms. The molecule has 0 saturated heterocycles. The van der Waals surface area contributed by atoms with Gasteiger partial charge in [-0.2, -0.15) is 0 Å². The zero-order chi connectivity index (χ0) is 11.1. The molecule has 4 nitrogen and oxygen atoms in total. The van der Waals surface area contributed by atoms with Crippen LogP contribution >= 0.6 is 0 Å². The van der Waals surface area contributed by atoms with Crippen LogP contribution in [0.15, 0.2) is 0 Å². The van der Waals surface area contributed by atoms with Gasteiger partial charge in [0.1, 0.15) is 12.5 Å². The Hall–Kier alpha value is -0.160. The predicted octanol–water partition coefficient (Wildman–Crippen LogP) is 0.537. The lowest BCUT2D eigenvalue weighted by molar-refractivity contribution is -0.120. The SMILES string of the molecule is CC(OC(C)N(C)CCCN)N(C)C. The van der Waals surface area contributed by atoms with Crippen LogP contribution in [0.3, 0.4) is 0 Å². The minimum absolute atomic E-state index is 0.138. The molecule has 2 unspecified atom stereocenters. The van der Waals surface area contributed by atoms with Gasteiger partial charge in [0.15, 0.2) is 0 Å². The smallest absolute Gasteiger partial charge is 0.109 e. The summed E-state index contributed by atoms with van der Waals surface area (Å²) in [6.07, 6.45) is 1.30. The molecule has 0 aliphatic heterocycles. The van der Waals surface area contributed by atoms with Crippen LogP contribution in [0.5, 0.6) is 0 Å². The van der Waals surface area contributed by atoms with Gasteiger partial charge in [0.2, 0.25) is 0 Å². The molecule has 0 aromatic rings. The van der Waals surface area contributed by atoms with Gasteiger partial charge in [-0.3, -0.25) is 9.80 Å². The second-order valence-corrected chi connectivity index (χ2v) is 3.92. The van der Waals surface area contributed by atoms with E-state index in [0.717, 1.165) is 19.5 Å². The van der Waals surface area contributed by atoms with Gasteiger partial charge in [0.05, 0.1) is 0 Å². The van der Waals surface area contributed by atoms with E-state index in [-0.39, 0.29) is 12.5 Å². The van der Waals surface area contributed by atoms with Crippen LogP contribution < -0.4 is 5.73 Å². The monoisotopic (exact) mass is 203 g/mol. The Balaban J connectivity index is 3.76. The summed E-state index contributed by atoms with van der Waals surface area (Å²) in [5.74, 6) is 0. The second kappa shape index (κ2) is 7.17. The third-order valence-electron chi connectivity index (χ3n) is 2.46. The summed E-state index contributed by atoms with van der Waals surface area (Å²) < 4.78 is 5.78. The van der Waals surface area contributed by atoms with E-state index in [4.69, 9.17) is 10.5 Å². The Morgan fingerprint density at radius 3 is 2.14 bits per heavy atom. The van der Waals surface area contributed by atoms with E-state index >= 15 is 0 Å². The molecule has 0 radical (unpaired) electrons. The molecule has 86 valence electrons. The molecule has 0 aromatic carbocycles. The lowest BCUT2D eigenvalue weighted by atomic mass is 10.4. The molecule has 0 spiro atoms. The van der Waals surface area contributed by atoms with Crippen molar-refractivity contribution in [2.24, 2.45) is 5.73 Å². The highest BCUT2D eigenvalue weighted by Crippen LogP contribution is 2.04. The first-order valence-electron chi connectivity index (χ1n) is 5.21. The molecule has 0 aromatic heterocycles. The first-order valence-corrected chi connectivity index (χ1v) is 5.21. The molecule has 0 rings (SSSR count). The van der Waals surface area contributed by atoms with Crippen LogP contribution in [0.25, 0.3) is 0 Å². The molecule has 2 atom stereocenters. The Labute approximate surface area is 88.0 Å². The molecule has 4 heteroatoms. The summed E-state index contributed by atoms with van der Waals surface area (Å²) in [5.41, 5.74) is 5.45. The lowest BCUT2D eigenvalue weighted by Gasteiger charge is -2.30. The second-order valence-electron chi connectivity index (χ2n) is 3.92. The van der Waals surface area contributed by atoms with Crippen molar-refractivity contribution in [1.29, 1.82) is 0 Å². The van der Waals surface area contributed by atoms with Crippen molar-refractivity contribution in [3.8, 4) is 0 Å². The van der Waals surface area contributed by atoms with Crippen LogP contribution in [-0.4, -0.2) is 56.5 Å². The molecular formula is C10H25N3O. The van der Waals surface area contributed by atoms with Crippen molar-refractivity contribution in [2.45, 2.75) is 32.7 Å². The van der Waals surface area contributed by atoms with E-state index in [1.54, 1.807) is 0 Å². The van der Waals surface area contributed by atoms with E-state index in [0.29, 0.717) is 0 Å². The summed E-state index contributed by atoms with van der Waals surface area (Å²) in [4.78, 5) is 4.22. The van der Waals surface area contributed by atoms with Gasteiger partial charge < -0.3 is 10.5 Å². The number of nitrogens with two attached hydrogens (primary N) is 1. The average molecular weight is 203 g/mol. The zero-order valence-electron chi connectivity index (χ0n) is 10.2. The van der Waals surface area contributed by atoms with Crippen molar-refractivity contribution in [3.63, 3.8) is 0 Å². The van der Waals surface area contributed by atoms with E-state index in [1.807, 2.05) is 25.9 Å². The first-order chi connectivity index (χ1) is 6.49. The van der Waals surface area contributed by atoms with Crippen LogP contribution in [0.4, 0.5) is 0 Å². The highest BCUT2D eigenvalue weighted by atomic mass is 16.5. The molecule has 0 amide bonds. The van der Waals surface area contributed by atoms with Crippen molar-refractivity contribution < 1.29 is 4.74 Å². The standard InChI is InChI=1S/C10H25N3O/c1-9(12(3)4)14-10(2)13(5)8-6-7-11/h9-10H,6-8,11H2,1-5H3. The third kappa shape index (κ3) is 5.54. The van der Waals surface area contributed by atoms with Gasteiger partial charge in [0, 0.05) is 6.54 Å². The molecular weight excluding hydrogens is 178 g/mol. The summed E-state index contributed by atoms with van der Waals surface area (Å²) in [6, 6.07) is 0. The fourth-order valence-corrected chi connectivity index (χ4v) is 1.03. The fraction of sp³-hybridized carbons (Fsp3) is 1.00. The highest BCUT2D eigenvalue weighted by molar-refractivity contribution is 4.56. The van der Waals surface area contributed by atoms with Gasteiger partial charge in [-0.1, -0.05) is 0 Å². The zero-order valence-corrected chi connectivity index (χ0v) is 10.2. The maximum absolute atomic E-state index is 5.78. The summed E-state index contributed by atoms with van der Waals surface area (Å²) >= 11 is 0. The van der Waals surface area contributed by atoms with Crippen LogP contribution in [0.2, 0.25) is 0 Å². The van der Waals surface area contributed by atoms with Crippen LogP contribution in [0.1, 0.15) is 20.3 Å². The fourth-order valence-electron chi connectivity index (χ4n) is 1.03. The largest absolute Gasteiger partial charge is 0.345 e. The van der Waals surface area contributed by atoms with E-state index in [2.05, 4.69) is 18.9 Å². The maximum atomic E-state index is 5.78. The van der Waals surface area contributed by atoms with E-state index in [9.17, 15) is 0 Å². The molecule has 2 N–H and O–H groups in total. The van der Waals surface area contributed by atoms with Gasteiger partial charge in [-0.15, -0.1) is 0 Å². The van der Waals surface area contributed by atoms with Crippen LogP contribution in [0, 0.1) is 0 Å². The minimum Gasteiger partial charge on any atom is -0.345 e. The molecule has 0 heterocycles. The highest BCUT2D eigenvalue weighted by Gasteiger charge is 2.13. The Morgan fingerprint density at radius 2 is 1.71 bits per heavy atom. The summed E-state index contributed by atoms with van der Waals surface area (Å²) in [7, 11) is 6.08. The van der Waals surface area contributed by atoms with Crippen molar-refractivity contribution in [3.05, 3.63) is 0 Å². The minimum atomic E-state index is 0.138. The Morgan fingerprint density at radius 1 is 1.14 bits per heavy atom. The normalized spacial score (nSPS) is 16.3. The summed E-state index contributed by atoms with van der Waals surface area (Å²) in [5, 5.41) is 0. The first kappa shape index (κ1) is 13.8. The Kier molecular flexibility index (Phi) is 7.09. The number of rotatable bonds is 7. The van der Waals surface area contributed by atoms with E-state index in [1.165, 1.54) is 0 Å².